The number of rotatable bonds is 6. The summed E-state index contributed by atoms with van der Waals surface area (Å²) in [6.45, 7) is 4.49. The van der Waals surface area contributed by atoms with Crippen molar-refractivity contribution in [2.75, 3.05) is 0 Å². The monoisotopic (exact) mass is 310 g/mol. The number of benzene rings is 2. The number of halogens is 1. The van der Waals surface area contributed by atoms with Crippen LogP contribution in [-0.2, 0) is 12.8 Å². The molecule has 3 rings (SSSR count). The molecule has 2 aromatic rings. The van der Waals surface area contributed by atoms with Crippen molar-refractivity contribution in [3.05, 3.63) is 58.9 Å². The van der Waals surface area contributed by atoms with Gasteiger partial charge in [0.1, 0.15) is 5.82 Å². The number of aryl methyl sites for hydroxylation is 2. The molecular formula is C22H27F. The molecule has 0 unspecified atom stereocenters. The van der Waals surface area contributed by atoms with Crippen LogP contribution in [0.2, 0.25) is 0 Å². The van der Waals surface area contributed by atoms with Gasteiger partial charge in [0, 0.05) is 0 Å². The van der Waals surface area contributed by atoms with Crippen molar-refractivity contribution in [1.29, 1.82) is 0 Å². The highest BCUT2D eigenvalue weighted by Gasteiger charge is 2.24. The summed E-state index contributed by atoms with van der Waals surface area (Å²) in [5.74, 6) is 0.543. The van der Waals surface area contributed by atoms with Gasteiger partial charge in [0.05, 0.1) is 0 Å². The Morgan fingerprint density at radius 3 is 2.22 bits per heavy atom. The summed E-state index contributed by atoms with van der Waals surface area (Å²) in [5.41, 5.74) is 7.00. The number of hydrogen-bond acceptors (Lipinski definition) is 0. The molecular weight excluding hydrogens is 283 g/mol. The highest BCUT2D eigenvalue weighted by Crippen LogP contribution is 2.43. The summed E-state index contributed by atoms with van der Waals surface area (Å²) in [7, 11) is 0. The minimum absolute atomic E-state index is 0.154. The van der Waals surface area contributed by atoms with Crippen LogP contribution in [0.15, 0.2) is 36.4 Å². The largest absolute Gasteiger partial charge is 0.207 e. The van der Waals surface area contributed by atoms with E-state index < -0.39 is 0 Å². The van der Waals surface area contributed by atoms with Gasteiger partial charge in [-0.3, -0.25) is 0 Å². The Kier molecular flexibility index (Phi) is 5.15. The second kappa shape index (κ2) is 7.29. The molecule has 122 valence electrons. The zero-order chi connectivity index (χ0) is 16.2. The van der Waals surface area contributed by atoms with Gasteiger partial charge >= 0.3 is 0 Å². The van der Waals surface area contributed by atoms with Gasteiger partial charge in [0.25, 0.3) is 0 Å². The van der Waals surface area contributed by atoms with Crippen LogP contribution < -0.4 is 0 Å². The normalized spacial score (nSPS) is 14.7. The summed E-state index contributed by atoms with van der Waals surface area (Å²) in [6.07, 6.45) is 8.53. The first-order chi connectivity index (χ1) is 11.2. The van der Waals surface area contributed by atoms with Gasteiger partial charge in [0.2, 0.25) is 0 Å². The summed E-state index contributed by atoms with van der Waals surface area (Å²) in [5, 5.41) is 0. The molecule has 0 atom stereocenters. The zero-order valence-electron chi connectivity index (χ0n) is 14.4. The van der Waals surface area contributed by atoms with Crippen molar-refractivity contribution in [2.45, 2.75) is 64.7 Å². The van der Waals surface area contributed by atoms with E-state index in [1.54, 1.807) is 12.1 Å². The van der Waals surface area contributed by atoms with Gasteiger partial charge < -0.3 is 0 Å². The van der Waals surface area contributed by atoms with Crippen LogP contribution in [0.4, 0.5) is 4.39 Å². The minimum Gasteiger partial charge on any atom is -0.207 e. The molecule has 0 N–H and O–H groups in total. The number of hydrogen-bond donors (Lipinski definition) is 0. The topological polar surface area (TPSA) is 0 Å². The van der Waals surface area contributed by atoms with Crippen molar-refractivity contribution in [2.24, 2.45) is 0 Å². The highest BCUT2D eigenvalue weighted by atomic mass is 19.1. The van der Waals surface area contributed by atoms with E-state index in [0.29, 0.717) is 5.92 Å². The summed E-state index contributed by atoms with van der Waals surface area (Å²) in [6, 6.07) is 11.9. The Hall–Kier alpha value is -1.63. The lowest BCUT2D eigenvalue weighted by Gasteiger charge is -2.30. The van der Waals surface area contributed by atoms with Crippen LogP contribution in [0, 0.1) is 5.82 Å². The van der Waals surface area contributed by atoms with Crippen LogP contribution in [0.5, 0.6) is 0 Å². The third kappa shape index (κ3) is 3.49. The van der Waals surface area contributed by atoms with E-state index in [0.717, 1.165) is 19.3 Å². The fourth-order valence-electron chi connectivity index (χ4n) is 3.70. The predicted octanol–water partition coefficient (Wildman–Crippen LogP) is 6.67. The molecule has 1 fully saturated rings. The molecule has 0 amide bonds. The summed E-state index contributed by atoms with van der Waals surface area (Å²) >= 11 is 0. The first kappa shape index (κ1) is 16.2. The third-order valence-corrected chi connectivity index (χ3v) is 5.05. The zero-order valence-corrected chi connectivity index (χ0v) is 14.4. The molecule has 0 aromatic heterocycles. The highest BCUT2D eigenvalue weighted by molar-refractivity contribution is 5.73. The minimum atomic E-state index is -0.154. The van der Waals surface area contributed by atoms with E-state index in [4.69, 9.17) is 0 Å². The Morgan fingerprint density at radius 1 is 0.957 bits per heavy atom. The molecule has 1 aliphatic rings. The maximum absolute atomic E-state index is 13.4. The SMILES string of the molecule is CCCc1cc(CCC)c(-c2ccc(F)cc2)c(C2CCC2)c1. The van der Waals surface area contributed by atoms with Crippen LogP contribution in [0.25, 0.3) is 11.1 Å². The average Bonchev–Trinajstić information content (AvgIpc) is 2.48. The van der Waals surface area contributed by atoms with Crippen molar-refractivity contribution in [1.82, 2.24) is 0 Å². The van der Waals surface area contributed by atoms with Crippen molar-refractivity contribution in [3.63, 3.8) is 0 Å². The van der Waals surface area contributed by atoms with Gasteiger partial charge in [-0.1, -0.05) is 57.4 Å². The molecule has 0 radical (unpaired) electrons. The van der Waals surface area contributed by atoms with Crippen LogP contribution in [0.1, 0.15) is 68.6 Å². The van der Waals surface area contributed by atoms with Gasteiger partial charge in [-0.25, -0.2) is 4.39 Å². The Balaban J connectivity index is 2.14. The third-order valence-electron chi connectivity index (χ3n) is 5.05. The molecule has 2 aromatic carbocycles. The average molecular weight is 310 g/mol. The molecule has 23 heavy (non-hydrogen) atoms. The molecule has 0 saturated heterocycles. The predicted molar refractivity (Wildman–Crippen MR) is 96.4 cm³/mol. The second-order valence-corrected chi connectivity index (χ2v) is 6.85. The Bertz CT molecular complexity index is 650. The quantitative estimate of drug-likeness (QED) is 0.559. The maximum Gasteiger partial charge on any atom is 0.123 e. The molecule has 0 aliphatic heterocycles. The maximum atomic E-state index is 13.4. The lowest BCUT2D eigenvalue weighted by molar-refractivity contribution is 0.420. The van der Waals surface area contributed by atoms with E-state index in [9.17, 15) is 4.39 Å². The molecule has 1 aliphatic carbocycles. The molecule has 1 saturated carbocycles. The summed E-state index contributed by atoms with van der Waals surface area (Å²) < 4.78 is 13.4. The van der Waals surface area contributed by atoms with Crippen molar-refractivity contribution in [3.8, 4) is 11.1 Å². The molecule has 1 heteroatoms. The summed E-state index contributed by atoms with van der Waals surface area (Å²) in [4.78, 5) is 0. The second-order valence-electron chi connectivity index (χ2n) is 6.85. The molecule has 0 spiro atoms. The van der Waals surface area contributed by atoms with Crippen molar-refractivity contribution < 1.29 is 4.39 Å². The van der Waals surface area contributed by atoms with E-state index >= 15 is 0 Å². The first-order valence-electron chi connectivity index (χ1n) is 9.14. The van der Waals surface area contributed by atoms with E-state index in [1.807, 2.05) is 12.1 Å². The Labute approximate surface area is 139 Å². The fraction of sp³-hybridized carbons (Fsp3) is 0.455. The fourth-order valence-corrected chi connectivity index (χ4v) is 3.70. The van der Waals surface area contributed by atoms with E-state index in [1.165, 1.54) is 53.5 Å². The van der Waals surface area contributed by atoms with E-state index in [-0.39, 0.29) is 5.82 Å². The first-order valence-corrected chi connectivity index (χ1v) is 9.14. The lowest BCUT2D eigenvalue weighted by Crippen LogP contribution is -2.12. The van der Waals surface area contributed by atoms with Gasteiger partial charge in [0.15, 0.2) is 0 Å². The van der Waals surface area contributed by atoms with Crippen LogP contribution >= 0.6 is 0 Å². The van der Waals surface area contributed by atoms with Gasteiger partial charge in [-0.05, 0) is 71.6 Å². The van der Waals surface area contributed by atoms with Gasteiger partial charge in [-0.2, -0.15) is 0 Å². The van der Waals surface area contributed by atoms with Crippen molar-refractivity contribution >= 4 is 0 Å². The van der Waals surface area contributed by atoms with Gasteiger partial charge in [-0.15, -0.1) is 0 Å². The smallest absolute Gasteiger partial charge is 0.123 e. The Morgan fingerprint density at radius 2 is 1.65 bits per heavy atom. The molecule has 0 nitrogen and oxygen atoms in total. The molecule has 0 heterocycles. The van der Waals surface area contributed by atoms with E-state index in [2.05, 4.69) is 26.0 Å². The van der Waals surface area contributed by atoms with Crippen LogP contribution in [0.3, 0.4) is 0 Å². The lowest BCUT2D eigenvalue weighted by atomic mass is 9.75. The van der Waals surface area contributed by atoms with Crippen LogP contribution in [-0.4, -0.2) is 0 Å². The standard InChI is InChI=1S/C22H27F/c1-3-6-16-14-19(7-4-2)22(18-10-12-20(23)13-11-18)21(15-16)17-8-5-9-17/h10-15,17H,3-9H2,1-2H3. The molecule has 0 bridgehead atoms.